The van der Waals surface area contributed by atoms with Crippen molar-refractivity contribution >= 4 is 11.6 Å². The van der Waals surface area contributed by atoms with E-state index in [1.807, 2.05) is 17.0 Å². The highest BCUT2D eigenvalue weighted by Crippen LogP contribution is 2.43. The van der Waals surface area contributed by atoms with Gasteiger partial charge in [0, 0.05) is 31.7 Å². The fourth-order valence-electron chi connectivity index (χ4n) is 4.37. The van der Waals surface area contributed by atoms with Crippen molar-refractivity contribution in [3.8, 4) is 0 Å². The van der Waals surface area contributed by atoms with Gasteiger partial charge in [0.25, 0.3) is 5.91 Å². The van der Waals surface area contributed by atoms with E-state index in [4.69, 9.17) is 0 Å². The first-order valence-corrected chi connectivity index (χ1v) is 8.78. The number of nitrogens with zero attached hydrogens (tertiary/aromatic N) is 4. The van der Waals surface area contributed by atoms with Crippen molar-refractivity contribution < 1.29 is 9.18 Å². The molecule has 4 heterocycles. The second-order valence-corrected chi connectivity index (χ2v) is 6.98. The van der Waals surface area contributed by atoms with Crippen LogP contribution in [0.4, 0.5) is 4.39 Å². The number of likely N-dealkylation sites (tertiary alicyclic amines) is 1. The van der Waals surface area contributed by atoms with E-state index in [0.717, 1.165) is 18.7 Å². The number of amides is 1. The lowest BCUT2D eigenvalue weighted by Gasteiger charge is -2.28. The van der Waals surface area contributed by atoms with E-state index >= 15 is 0 Å². The van der Waals surface area contributed by atoms with Crippen LogP contribution < -0.4 is 5.32 Å². The first kappa shape index (κ1) is 15.5. The molecule has 2 fully saturated rings. The molecule has 0 saturated carbocycles. The zero-order chi connectivity index (χ0) is 17.7. The van der Waals surface area contributed by atoms with Gasteiger partial charge in [-0.25, -0.2) is 13.9 Å². The highest BCUT2D eigenvalue weighted by atomic mass is 19.1. The van der Waals surface area contributed by atoms with Crippen LogP contribution in [0.3, 0.4) is 0 Å². The first-order valence-electron chi connectivity index (χ1n) is 8.78. The fourth-order valence-corrected chi connectivity index (χ4v) is 4.37. The Labute approximate surface area is 149 Å². The van der Waals surface area contributed by atoms with Gasteiger partial charge in [-0.3, -0.25) is 4.79 Å². The summed E-state index contributed by atoms with van der Waals surface area (Å²) in [5.74, 6) is 0.271. The van der Waals surface area contributed by atoms with Crippen LogP contribution in [0, 0.1) is 17.7 Å². The van der Waals surface area contributed by atoms with Crippen LogP contribution in [0.25, 0.3) is 5.65 Å². The molecular weight excluding hydrogens is 333 g/mol. The molecule has 0 bridgehead atoms. The quantitative estimate of drug-likeness (QED) is 0.766. The van der Waals surface area contributed by atoms with E-state index in [-0.39, 0.29) is 23.7 Å². The van der Waals surface area contributed by atoms with Crippen molar-refractivity contribution in [1.29, 1.82) is 0 Å². The molecule has 1 aromatic carbocycles. The predicted octanol–water partition coefficient (Wildman–Crippen LogP) is 1.90. The molecule has 7 heteroatoms. The number of rotatable bonds is 2. The van der Waals surface area contributed by atoms with Crippen molar-refractivity contribution in [2.24, 2.45) is 11.8 Å². The topological polar surface area (TPSA) is 62.5 Å². The number of carbonyl (C=O) groups is 1. The number of benzene rings is 1. The van der Waals surface area contributed by atoms with Crippen molar-refractivity contribution in [2.75, 3.05) is 19.6 Å². The van der Waals surface area contributed by atoms with Gasteiger partial charge >= 0.3 is 0 Å². The van der Waals surface area contributed by atoms with Crippen LogP contribution in [0.5, 0.6) is 0 Å². The van der Waals surface area contributed by atoms with Crippen LogP contribution in [-0.4, -0.2) is 45.0 Å². The van der Waals surface area contributed by atoms with E-state index in [1.54, 1.807) is 35.1 Å². The number of aromatic nitrogens is 3. The molecule has 6 nitrogen and oxygen atoms in total. The smallest absolute Gasteiger partial charge is 0.274 e. The maximum atomic E-state index is 13.8. The average molecular weight is 351 g/mol. The molecule has 3 aromatic rings. The predicted molar refractivity (Wildman–Crippen MR) is 93.0 cm³/mol. The van der Waals surface area contributed by atoms with Gasteiger partial charge in [-0.1, -0.05) is 12.1 Å². The lowest BCUT2D eigenvalue weighted by molar-refractivity contribution is 0.0705. The molecule has 1 amide bonds. The summed E-state index contributed by atoms with van der Waals surface area (Å²) < 4.78 is 15.4. The van der Waals surface area contributed by atoms with Crippen LogP contribution in [0.2, 0.25) is 0 Å². The molecule has 2 aliphatic heterocycles. The zero-order valence-electron chi connectivity index (χ0n) is 14.0. The molecule has 1 N–H and O–H groups in total. The van der Waals surface area contributed by atoms with E-state index in [9.17, 15) is 9.18 Å². The lowest BCUT2D eigenvalue weighted by Crippen LogP contribution is -2.35. The van der Waals surface area contributed by atoms with Crippen molar-refractivity contribution in [1.82, 2.24) is 24.8 Å². The fraction of sp³-hybridized carbons (Fsp3) is 0.316. The summed E-state index contributed by atoms with van der Waals surface area (Å²) in [6, 6.07) is 10.0. The minimum absolute atomic E-state index is 0.111. The summed E-state index contributed by atoms with van der Waals surface area (Å²) in [7, 11) is 0. The molecule has 132 valence electrons. The second-order valence-electron chi connectivity index (χ2n) is 6.98. The summed E-state index contributed by atoms with van der Waals surface area (Å²) in [4.78, 5) is 19.5. The Balaban J connectivity index is 1.57. The molecular formula is C19H18FN5O. The third-order valence-electron chi connectivity index (χ3n) is 5.51. The largest absolute Gasteiger partial charge is 0.330 e. The Hall–Kier alpha value is -2.80. The second kappa shape index (κ2) is 5.88. The monoisotopic (exact) mass is 351 g/mol. The zero-order valence-corrected chi connectivity index (χ0v) is 14.0. The third kappa shape index (κ3) is 2.31. The Morgan fingerprint density at radius 1 is 1.23 bits per heavy atom. The Morgan fingerprint density at radius 3 is 3.04 bits per heavy atom. The van der Waals surface area contributed by atoms with E-state index < -0.39 is 0 Å². The molecule has 5 rings (SSSR count). The summed E-state index contributed by atoms with van der Waals surface area (Å²) >= 11 is 0. The molecule has 0 aliphatic carbocycles. The highest BCUT2D eigenvalue weighted by molar-refractivity contribution is 5.93. The number of imidazole rings is 1. The minimum Gasteiger partial charge on any atom is -0.330 e. The summed E-state index contributed by atoms with van der Waals surface area (Å²) in [6.07, 6.45) is 3.21. The number of halogens is 1. The van der Waals surface area contributed by atoms with Gasteiger partial charge in [0.05, 0.1) is 12.2 Å². The van der Waals surface area contributed by atoms with E-state index in [1.165, 1.54) is 6.07 Å². The standard InChI is InChI=1S/C19H18FN5O/c20-14-4-1-3-12(7-14)18-15-9-21-8-13(15)11-24(18)19(26)16-10-22-17-5-2-6-23-25(16)17/h1-7,10,13,15,18,21H,8-9,11H2/t13-,15-,18-/m0/s1. The number of nitrogens with one attached hydrogen (secondary N) is 1. The molecule has 0 spiro atoms. The first-order chi connectivity index (χ1) is 12.7. The molecule has 2 aliphatic rings. The van der Waals surface area contributed by atoms with Gasteiger partial charge in [0.15, 0.2) is 11.3 Å². The van der Waals surface area contributed by atoms with Gasteiger partial charge in [-0.2, -0.15) is 5.10 Å². The molecule has 3 atom stereocenters. The third-order valence-corrected chi connectivity index (χ3v) is 5.51. The van der Waals surface area contributed by atoms with Crippen molar-refractivity contribution in [3.63, 3.8) is 0 Å². The van der Waals surface area contributed by atoms with Gasteiger partial charge in [0.1, 0.15) is 5.82 Å². The van der Waals surface area contributed by atoms with Crippen LogP contribution in [0.1, 0.15) is 22.1 Å². The SMILES string of the molecule is O=C(c1cnc2cccnn12)N1C[C@@H]2CNC[C@@H]2[C@@H]1c1cccc(F)c1. The molecule has 0 unspecified atom stereocenters. The van der Waals surface area contributed by atoms with Gasteiger partial charge < -0.3 is 10.2 Å². The molecule has 2 saturated heterocycles. The van der Waals surface area contributed by atoms with E-state index in [0.29, 0.717) is 23.8 Å². The number of carbonyl (C=O) groups excluding carboxylic acids is 1. The summed E-state index contributed by atoms with van der Waals surface area (Å²) in [6.45, 7) is 2.37. The van der Waals surface area contributed by atoms with Gasteiger partial charge in [-0.15, -0.1) is 0 Å². The number of hydrogen-bond donors (Lipinski definition) is 1. The number of hydrogen-bond acceptors (Lipinski definition) is 4. The normalized spacial score (nSPS) is 25.0. The van der Waals surface area contributed by atoms with Gasteiger partial charge in [-0.05, 0) is 35.7 Å². The molecule has 26 heavy (non-hydrogen) atoms. The Kier molecular flexibility index (Phi) is 3.49. The maximum Gasteiger partial charge on any atom is 0.274 e. The Bertz CT molecular complexity index is 987. The number of fused-ring (bicyclic) bond motifs is 2. The van der Waals surface area contributed by atoms with E-state index in [2.05, 4.69) is 15.4 Å². The lowest BCUT2D eigenvalue weighted by atomic mass is 9.89. The van der Waals surface area contributed by atoms with Gasteiger partial charge in [0.2, 0.25) is 0 Å². The van der Waals surface area contributed by atoms with Crippen LogP contribution in [0.15, 0.2) is 48.8 Å². The van der Waals surface area contributed by atoms with Crippen LogP contribution in [-0.2, 0) is 0 Å². The van der Waals surface area contributed by atoms with Crippen LogP contribution >= 0.6 is 0 Å². The highest BCUT2D eigenvalue weighted by Gasteiger charge is 2.47. The Morgan fingerprint density at radius 2 is 2.15 bits per heavy atom. The minimum atomic E-state index is -0.277. The average Bonchev–Trinajstić information content (AvgIpc) is 3.34. The van der Waals surface area contributed by atoms with Crippen molar-refractivity contribution in [2.45, 2.75) is 6.04 Å². The molecule has 0 radical (unpaired) electrons. The summed E-state index contributed by atoms with van der Waals surface area (Å²) in [5, 5.41) is 7.65. The molecule has 2 aromatic heterocycles. The van der Waals surface area contributed by atoms with Crippen molar-refractivity contribution in [3.05, 3.63) is 65.9 Å². The summed E-state index contributed by atoms with van der Waals surface area (Å²) in [5.41, 5.74) is 1.92. The maximum absolute atomic E-state index is 13.8.